The summed E-state index contributed by atoms with van der Waals surface area (Å²) in [4.78, 5) is 19.0. The molecule has 1 unspecified atom stereocenters. The average Bonchev–Trinajstić information content (AvgIpc) is 3.09. The maximum absolute atomic E-state index is 12.8. The lowest BCUT2D eigenvalue weighted by molar-refractivity contribution is 0.0655. The Morgan fingerprint density at radius 3 is 3.12 bits per heavy atom. The van der Waals surface area contributed by atoms with Gasteiger partial charge in [-0.15, -0.1) is 16.9 Å². The molecule has 1 amide bonds. The van der Waals surface area contributed by atoms with Crippen molar-refractivity contribution >= 4 is 17.7 Å². The molecule has 0 aromatic carbocycles. The Kier molecular flexibility index (Phi) is 5.47. The number of carbonyl (C=O) groups excluding carboxylic acids is 1. The van der Waals surface area contributed by atoms with Gasteiger partial charge in [0.2, 0.25) is 0 Å². The smallest absolute Gasteiger partial charge is 0.256 e. The SMILES string of the molecule is CSc1ncccc1C(=O)N1CCCC(Cn2cc(CO)nn2)C1. The molecule has 2 aromatic heterocycles. The molecule has 1 N–H and O–H groups in total. The molecule has 0 aliphatic carbocycles. The Labute approximate surface area is 145 Å². The van der Waals surface area contributed by atoms with Crippen LogP contribution in [0.1, 0.15) is 28.9 Å². The zero-order valence-electron chi connectivity index (χ0n) is 13.6. The number of likely N-dealkylation sites (tertiary alicyclic amines) is 1. The molecular formula is C16H21N5O2S. The van der Waals surface area contributed by atoms with E-state index in [1.807, 2.05) is 17.2 Å². The van der Waals surface area contributed by atoms with Crippen LogP contribution in [0.4, 0.5) is 0 Å². The molecule has 1 aliphatic heterocycles. The topological polar surface area (TPSA) is 84.1 Å². The van der Waals surface area contributed by atoms with Crippen LogP contribution in [0.2, 0.25) is 0 Å². The van der Waals surface area contributed by atoms with Crippen LogP contribution in [0.5, 0.6) is 0 Å². The van der Waals surface area contributed by atoms with Gasteiger partial charge in [-0.3, -0.25) is 9.48 Å². The van der Waals surface area contributed by atoms with E-state index >= 15 is 0 Å². The van der Waals surface area contributed by atoms with Crippen molar-refractivity contribution in [2.45, 2.75) is 31.0 Å². The van der Waals surface area contributed by atoms with Crippen LogP contribution < -0.4 is 0 Å². The second-order valence-electron chi connectivity index (χ2n) is 5.91. The van der Waals surface area contributed by atoms with Gasteiger partial charge in [-0.2, -0.15) is 0 Å². The molecular weight excluding hydrogens is 326 g/mol. The Morgan fingerprint density at radius 2 is 2.38 bits per heavy atom. The first-order valence-corrected chi connectivity index (χ1v) is 9.22. The summed E-state index contributed by atoms with van der Waals surface area (Å²) in [5, 5.41) is 17.8. The van der Waals surface area contributed by atoms with E-state index in [2.05, 4.69) is 15.3 Å². The van der Waals surface area contributed by atoms with Crippen molar-refractivity contribution in [1.82, 2.24) is 24.9 Å². The zero-order valence-corrected chi connectivity index (χ0v) is 14.4. The summed E-state index contributed by atoms with van der Waals surface area (Å²) < 4.78 is 1.75. The number of rotatable bonds is 5. The van der Waals surface area contributed by atoms with Gasteiger partial charge in [-0.25, -0.2) is 4.98 Å². The molecule has 0 bridgehead atoms. The number of aliphatic hydroxyl groups is 1. The van der Waals surface area contributed by atoms with Crippen molar-refractivity contribution in [2.75, 3.05) is 19.3 Å². The van der Waals surface area contributed by atoms with Gasteiger partial charge >= 0.3 is 0 Å². The summed E-state index contributed by atoms with van der Waals surface area (Å²) >= 11 is 1.49. The highest BCUT2D eigenvalue weighted by molar-refractivity contribution is 7.98. The summed E-state index contributed by atoms with van der Waals surface area (Å²) in [5.41, 5.74) is 1.24. The van der Waals surface area contributed by atoms with Crippen molar-refractivity contribution in [3.05, 3.63) is 35.8 Å². The molecule has 0 saturated carbocycles. The van der Waals surface area contributed by atoms with Gasteiger partial charge in [0.15, 0.2) is 0 Å². The Bertz CT molecular complexity index is 705. The van der Waals surface area contributed by atoms with E-state index in [0.717, 1.165) is 24.4 Å². The molecule has 3 rings (SSSR count). The molecule has 24 heavy (non-hydrogen) atoms. The molecule has 3 heterocycles. The largest absolute Gasteiger partial charge is 0.390 e. The first kappa shape index (κ1) is 16.9. The highest BCUT2D eigenvalue weighted by Gasteiger charge is 2.26. The number of piperidine rings is 1. The second-order valence-corrected chi connectivity index (χ2v) is 6.70. The third kappa shape index (κ3) is 3.76. The summed E-state index contributed by atoms with van der Waals surface area (Å²) in [7, 11) is 0. The minimum Gasteiger partial charge on any atom is -0.390 e. The molecule has 2 aromatic rings. The summed E-state index contributed by atoms with van der Waals surface area (Å²) in [5.74, 6) is 0.386. The molecule has 1 saturated heterocycles. The van der Waals surface area contributed by atoms with Gasteiger partial charge in [0, 0.05) is 25.8 Å². The number of pyridine rings is 1. The summed E-state index contributed by atoms with van der Waals surface area (Å²) in [6.45, 7) is 2.08. The van der Waals surface area contributed by atoms with E-state index in [9.17, 15) is 4.79 Å². The van der Waals surface area contributed by atoms with Crippen LogP contribution >= 0.6 is 11.8 Å². The van der Waals surface area contributed by atoms with E-state index in [4.69, 9.17) is 5.11 Å². The first-order valence-electron chi connectivity index (χ1n) is 7.99. The molecule has 0 spiro atoms. The Balaban J connectivity index is 1.67. The fourth-order valence-corrected chi connectivity index (χ4v) is 3.59. The number of thioether (sulfide) groups is 1. The molecule has 128 valence electrons. The van der Waals surface area contributed by atoms with E-state index in [1.165, 1.54) is 11.8 Å². The van der Waals surface area contributed by atoms with Crippen LogP contribution in [-0.4, -0.2) is 55.2 Å². The number of hydrogen-bond donors (Lipinski definition) is 1. The Morgan fingerprint density at radius 1 is 1.50 bits per heavy atom. The quantitative estimate of drug-likeness (QED) is 0.824. The first-order chi connectivity index (χ1) is 11.7. The second kappa shape index (κ2) is 7.76. The molecule has 1 fully saturated rings. The highest BCUT2D eigenvalue weighted by Crippen LogP contribution is 2.23. The maximum atomic E-state index is 12.8. The number of carbonyl (C=O) groups is 1. The van der Waals surface area contributed by atoms with E-state index in [1.54, 1.807) is 23.1 Å². The third-order valence-electron chi connectivity index (χ3n) is 4.19. The van der Waals surface area contributed by atoms with Gasteiger partial charge in [-0.1, -0.05) is 5.21 Å². The van der Waals surface area contributed by atoms with Crippen LogP contribution in [0, 0.1) is 5.92 Å². The number of amides is 1. The number of aromatic nitrogens is 4. The molecule has 1 aliphatic rings. The summed E-state index contributed by atoms with van der Waals surface area (Å²) in [6.07, 6.45) is 7.44. The molecule has 7 nitrogen and oxygen atoms in total. The van der Waals surface area contributed by atoms with E-state index < -0.39 is 0 Å². The normalized spacial score (nSPS) is 17.9. The minimum absolute atomic E-state index is 0.0480. The van der Waals surface area contributed by atoms with E-state index in [0.29, 0.717) is 30.3 Å². The third-order valence-corrected chi connectivity index (χ3v) is 4.91. The van der Waals surface area contributed by atoms with Crippen LogP contribution in [0.25, 0.3) is 0 Å². The lowest BCUT2D eigenvalue weighted by atomic mass is 9.97. The van der Waals surface area contributed by atoms with Crippen LogP contribution in [0.15, 0.2) is 29.6 Å². The predicted molar refractivity (Wildman–Crippen MR) is 90.6 cm³/mol. The standard InChI is InChI=1S/C16H21N5O2S/c1-24-15-14(5-2-6-17-15)16(23)20-7-3-4-12(8-20)9-21-10-13(11-22)18-19-21/h2,5-6,10,12,22H,3-4,7-9,11H2,1H3. The van der Waals surface area contributed by atoms with Crippen molar-refractivity contribution < 1.29 is 9.90 Å². The van der Waals surface area contributed by atoms with Crippen LogP contribution in [0.3, 0.4) is 0 Å². The van der Waals surface area contributed by atoms with Gasteiger partial charge in [0.1, 0.15) is 10.7 Å². The van der Waals surface area contributed by atoms with Crippen molar-refractivity contribution in [3.8, 4) is 0 Å². The predicted octanol–water partition coefficient (Wildman–Crippen LogP) is 1.44. The lowest BCUT2D eigenvalue weighted by Crippen LogP contribution is -2.41. The fourth-order valence-electron chi connectivity index (χ4n) is 3.05. The van der Waals surface area contributed by atoms with E-state index in [-0.39, 0.29) is 12.5 Å². The highest BCUT2D eigenvalue weighted by atomic mass is 32.2. The number of aliphatic hydroxyl groups excluding tert-OH is 1. The number of nitrogens with zero attached hydrogens (tertiary/aromatic N) is 5. The van der Waals surface area contributed by atoms with Crippen molar-refractivity contribution in [3.63, 3.8) is 0 Å². The fraction of sp³-hybridized carbons (Fsp3) is 0.500. The van der Waals surface area contributed by atoms with Gasteiger partial charge in [0.25, 0.3) is 5.91 Å². The maximum Gasteiger partial charge on any atom is 0.256 e. The lowest BCUT2D eigenvalue weighted by Gasteiger charge is -2.33. The van der Waals surface area contributed by atoms with Crippen LogP contribution in [-0.2, 0) is 13.2 Å². The van der Waals surface area contributed by atoms with Gasteiger partial charge < -0.3 is 10.0 Å². The molecule has 1 atom stereocenters. The Hall–Kier alpha value is -1.93. The van der Waals surface area contributed by atoms with Crippen molar-refractivity contribution in [2.24, 2.45) is 5.92 Å². The van der Waals surface area contributed by atoms with Gasteiger partial charge in [-0.05, 0) is 37.1 Å². The van der Waals surface area contributed by atoms with Gasteiger partial charge in [0.05, 0.1) is 18.4 Å². The molecule has 8 heteroatoms. The monoisotopic (exact) mass is 347 g/mol. The minimum atomic E-state index is -0.103. The molecule has 0 radical (unpaired) electrons. The van der Waals surface area contributed by atoms with Crippen molar-refractivity contribution in [1.29, 1.82) is 0 Å². The number of hydrogen-bond acceptors (Lipinski definition) is 6. The zero-order chi connectivity index (χ0) is 16.9. The average molecular weight is 347 g/mol. The summed E-state index contributed by atoms with van der Waals surface area (Å²) in [6, 6.07) is 3.65.